The summed E-state index contributed by atoms with van der Waals surface area (Å²) in [5.74, 6) is -1.06. The SMILES string of the molecule is CCOC(=O)c1ccc(NC(=O)C(Oc2ccc(N)cc2)C(=O)C(C)(C)C)cc1. The molecule has 1 atom stereocenters. The van der Waals surface area contributed by atoms with E-state index in [0.29, 0.717) is 22.7 Å². The third-order valence-corrected chi connectivity index (χ3v) is 4.01. The van der Waals surface area contributed by atoms with Crippen molar-refractivity contribution in [3.05, 3.63) is 54.1 Å². The Bertz CT molecular complexity index is 868. The van der Waals surface area contributed by atoms with Crippen molar-refractivity contribution in [3.8, 4) is 5.75 Å². The van der Waals surface area contributed by atoms with Gasteiger partial charge in [0.2, 0.25) is 6.10 Å². The number of benzene rings is 2. The molecule has 0 aliphatic carbocycles. The maximum atomic E-state index is 12.8. The first-order valence-electron chi connectivity index (χ1n) is 9.26. The van der Waals surface area contributed by atoms with Crippen molar-refractivity contribution in [2.75, 3.05) is 17.7 Å². The lowest BCUT2D eigenvalue weighted by Crippen LogP contribution is -2.45. The minimum atomic E-state index is -1.34. The number of carbonyl (C=O) groups excluding carboxylic acids is 3. The van der Waals surface area contributed by atoms with E-state index in [0.717, 1.165) is 0 Å². The molecule has 29 heavy (non-hydrogen) atoms. The molecular formula is C22H26N2O5. The number of hydrogen-bond donors (Lipinski definition) is 2. The summed E-state index contributed by atoms with van der Waals surface area (Å²) in [7, 11) is 0. The van der Waals surface area contributed by atoms with Crippen molar-refractivity contribution >= 4 is 29.0 Å². The smallest absolute Gasteiger partial charge is 0.338 e. The highest BCUT2D eigenvalue weighted by Crippen LogP contribution is 2.23. The van der Waals surface area contributed by atoms with Gasteiger partial charge in [0.15, 0.2) is 5.78 Å². The van der Waals surface area contributed by atoms with Crippen LogP contribution >= 0.6 is 0 Å². The molecule has 0 aromatic heterocycles. The Morgan fingerprint density at radius 2 is 1.59 bits per heavy atom. The van der Waals surface area contributed by atoms with Gasteiger partial charge in [0.05, 0.1) is 12.2 Å². The Balaban J connectivity index is 2.19. The molecule has 0 saturated heterocycles. The minimum Gasteiger partial charge on any atom is -0.473 e. The highest BCUT2D eigenvalue weighted by Gasteiger charge is 2.36. The summed E-state index contributed by atoms with van der Waals surface area (Å²) in [6, 6.07) is 12.6. The molecule has 0 heterocycles. The summed E-state index contributed by atoms with van der Waals surface area (Å²) >= 11 is 0. The maximum absolute atomic E-state index is 12.8. The Morgan fingerprint density at radius 1 is 1.00 bits per heavy atom. The van der Waals surface area contributed by atoms with Gasteiger partial charge < -0.3 is 20.5 Å². The molecule has 2 aromatic rings. The number of hydrogen-bond acceptors (Lipinski definition) is 6. The molecule has 0 fully saturated rings. The summed E-state index contributed by atoms with van der Waals surface area (Å²) in [4.78, 5) is 37.4. The van der Waals surface area contributed by atoms with E-state index < -0.39 is 23.4 Å². The molecule has 0 bridgehead atoms. The van der Waals surface area contributed by atoms with Crippen LogP contribution in [0.2, 0.25) is 0 Å². The molecule has 7 nitrogen and oxygen atoms in total. The van der Waals surface area contributed by atoms with Crippen LogP contribution in [0.15, 0.2) is 48.5 Å². The zero-order valence-electron chi connectivity index (χ0n) is 17.0. The first kappa shape index (κ1) is 21.9. The van der Waals surface area contributed by atoms with E-state index in [1.54, 1.807) is 64.1 Å². The fourth-order valence-electron chi connectivity index (χ4n) is 2.41. The Labute approximate surface area is 170 Å². The standard InChI is InChI=1S/C22H26N2O5/c1-5-28-21(27)14-6-10-16(11-7-14)24-20(26)18(19(25)22(2,3)4)29-17-12-8-15(23)9-13-17/h6-13,18H,5,23H2,1-4H3,(H,24,26). The summed E-state index contributed by atoms with van der Waals surface area (Å²) < 4.78 is 10.6. The lowest BCUT2D eigenvalue weighted by molar-refractivity contribution is -0.140. The van der Waals surface area contributed by atoms with Gasteiger partial charge in [-0.15, -0.1) is 0 Å². The molecule has 1 unspecified atom stereocenters. The van der Waals surface area contributed by atoms with Crippen molar-refractivity contribution in [2.45, 2.75) is 33.8 Å². The zero-order chi connectivity index (χ0) is 21.6. The van der Waals surface area contributed by atoms with Gasteiger partial charge in [-0.2, -0.15) is 0 Å². The first-order valence-corrected chi connectivity index (χ1v) is 9.26. The predicted octanol–water partition coefficient (Wildman–Crippen LogP) is 3.45. The van der Waals surface area contributed by atoms with E-state index in [-0.39, 0.29) is 12.4 Å². The van der Waals surface area contributed by atoms with Crippen molar-refractivity contribution in [3.63, 3.8) is 0 Å². The van der Waals surface area contributed by atoms with Gasteiger partial charge in [0, 0.05) is 16.8 Å². The molecule has 0 saturated carbocycles. The van der Waals surface area contributed by atoms with E-state index in [2.05, 4.69) is 5.32 Å². The summed E-state index contributed by atoms with van der Waals surface area (Å²) in [6.07, 6.45) is -1.34. The summed E-state index contributed by atoms with van der Waals surface area (Å²) in [6.45, 7) is 7.15. The molecule has 154 valence electrons. The molecular weight excluding hydrogens is 372 g/mol. The second-order valence-electron chi connectivity index (χ2n) is 7.47. The van der Waals surface area contributed by atoms with Crippen molar-refractivity contribution < 1.29 is 23.9 Å². The van der Waals surface area contributed by atoms with Crippen LogP contribution in [0.3, 0.4) is 0 Å². The zero-order valence-corrected chi connectivity index (χ0v) is 17.0. The molecule has 0 aliphatic rings. The predicted molar refractivity (Wildman–Crippen MR) is 111 cm³/mol. The Morgan fingerprint density at radius 3 is 2.10 bits per heavy atom. The van der Waals surface area contributed by atoms with Crippen LogP contribution in [0.1, 0.15) is 38.1 Å². The number of nitrogen functional groups attached to an aromatic ring is 1. The average molecular weight is 398 g/mol. The van der Waals surface area contributed by atoms with Gasteiger partial charge in [-0.3, -0.25) is 9.59 Å². The van der Waals surface area contributed by atoms with Gasteiger partial charge in [0.25, 0.3) is 5.91 Å². The first-order chi connectivity index (χ1) is 13.6. The maximum Gasteiger partial charge on any atom is 0.338 e. The number of Topliss-reactive ketones (excluding diaryl/α,β-unsaturated/α-hetero) is 1. The number of nitrogens with one attached hydrogen (secondary N) is 1. The van der Waals surface area contributed by atoms with E-state index in [4.69, 9.17) is 15.2 Å². The molecule has 2 rings (SSSR count). The van der Waals surface area contributed by atoms with Gasteiger partial charge in [0.1, 0.15) is 5.75 Å². The monoisotopic (exact) mass is 398 g/mol. The minimum absolute atomic E-state index is 0.274. The highest BCUT2D eigenvalue weighted by molar-refractivity contribution is 6.11. The number of esters is 1. The lowest BCUT2D eigenvalue weighted by atomic mass is 9.87. The Kier molecular flexibility index (Phi) is 6.98. The molecule has 0 radical (unpaired) electrons. The third-order valence-electron chi connectivity index (χ3n) is 4.01. The van der Waals surface area contributed by atoms with Crippen LogP contribution < -0.4 is 15.8 Å². The second-order valence-corrected chi connectivity index (χ2v) is 7.47. The molecule has 1 amide bonds. The van der Waals surface area contributed by atoms with Crippen molar-refractivity contribution in [1.29, 1.82) is 0 Å². The van der Waals surface area contributed by atoms with Gasteiger partial charge in [-0.25, -0.2) is 4.79 Å². The highest BCUT2D eigenvalue weighted by atomic mass is 16.5. The van der Waals surface area contributed by atoms with E-state index in [1.165, 1.54) is 12.1 Å². The number of rotatable bonds is 7. The number of ketones is 1. The number of anilines is 2. The van der Waals surface area contributed by atoms with E-state index in [1.807, 2.05) is 0 Å². The van der Waals surface area contributed by atoms with E-state index in [9.17, 15) is 14.4 Å². The van der Waals surface area contributed by atoms with Crippen LogP contribution in [0.4, 0.5) is 11.4 Å². The summed E-state index contributed by atoms with van der Waals surface area (Å²) in [5.41, 5.74) is 6.21. The lowest BCUT2D eigenvalue weighted by Gasteiger charge is -2.24. The fourth-order valence-corrected chi connectivity index (χ4v) is 2.41. The van der Waals surface area contributed by atoms with Gasteiger partial charge in [-0.1, -0.05) is 20.8 Å². The fraction of sp³-hybridized carbons (Fsp3) is 0.318. The van der Waals surface area contributed by atoms with Crippen LogP contribution in [-0.4, -0.2) is 30.4 Å². The largest absolute Gasteiger partial charge is 0.473 e. The van der Waals surface area contributed by atoms with Crippen LogP contribution in [0.5, 0.6) is 5.75 Å². The number of carbonyl (C=O) groups is 3. The van der Waals surface area contributed by atoms with Gasteiger partial charge >= 0.3 is 5.97 Å². The van der Waals surface area contributed by atoms with Crippen LogP contribution in [0.25, 0.3) is 0 Å². The average Bonchev–Trinajstić information content (AvgIpc) is 2.67. The number of ether oxygens (including phenoxy) is 2. The molecule has 7 heteroatoms. The molecule has 0 spiro atoms. The molecule has 3 N–H and O–H groups in total. The van der Waals surface area contributed by atoms with Crippen molar-refractivity contribution in [2.24, 2.45) is 5.41 Å². The summed E-state index contributed by atoms with van der Waals surface area (Å²) in [5, 5.41) is 2.66. The molecule has 2 aromatic carbocycles. The third kappa shape index (κ3) is 6.07. The topological polar surface area (TPSA) is 108 Å². The Hall–Kier alpha value is -3.35. The number of amides is 1. The quantitative estimate of drug-likeness (QED) is 0.420. The number of nitrogens with two attached hydrogens (primary N) is 1. The molecule has 0 aliphatic heterocycles. The normalized spacial score (nSPS) is 12.0. The second kappa shape index (κ2) is 9.23. The van der Waals surface area contributed by atoms with Gasteiger partial charge in [-0.05, 0) is 55.5 Å². The van der Waals surface area contributed by atoms with Crippen LogP contribution in [0, 0.1) is 5.41 Å². The van der Waals surface area contributed by atoms with E-state index >= 15 is 0 Å². The van der Waals surface area contributed by atoms with Crippen LogP contribution in [-0.2, 0) is 14.3 Å². The van der Waals surface area contributed by atoms with Crippen molar-refractivity contribution in [1.82, 2.24) is 0 Å².